The molecule has 1 fully saturated rings. The van der Waals surface area contributed by atoms with Crippen LogP contribution < -0.4 is 0 Å². The fourth-order valence-corrected chi connectivity index (χ4v) is 2.80. The lowest BCUT2D eigenvalue weighted by Crippen LogP contribution is -2.39. The Morgan fingerprint density at radius 3 is 2.42 bits per heavy atom. The maximum absolute atomic E-state index is 12.6. The van der Waals surface area contributed by atoms with Gasteiger partial charge in [0, 0.05) is 43.3 Å². The number of carbonyl (C=O) groups excluding carboxylic acids is 2. The molecule has 1 saturated heterocycles. The molecule has 0 atom stereocenters. The van der Waals surface area contributed by atoms with Crippen LogP contribution in [0.4, 0.5) is 0 Å². The van der Waals surface area contributed by atoms with Gasteiger partial charge in [0.05, 0.1) is 13.2 Å². The van der Waals surface area contributed by atoms with Gasteiger partial charge < -0.3 is 19.3 Å². The third kappa shape index (κ3) is 5.58. The first-order chi connectivity index (χ1) is 11.6. The van der Waals surface area contributed by atoms with E-state index in [4.69, 9.17) is 9.47 Å². The SMILES string of the molecule is COCCOCC(=O)N1CCCN(C(=O)c2ccc(Br)cc2)CC1. The van der Waals surface area contributed by atoms with Gasteiger partial charge in [0.1, 0.15) is 6.61 Å². The van der Waals surface area contributed by atoms with Gasteiger partial charge in [0.25, 0.3) is 5.91 Å². The number of amides is 2. The minimum absolute atomic E-state index is 0.00754. The van der Waals surface area contributed by atoms with Crippen molar-refractivity contribution in [1.29, 1.82) is 0 Å². The fraction of sp³-hybridized carbons (Fsp3) is 0.529. The summed E-state index contributed by atoms with van der Waals surface area (Å²) < 4.78 is 11.1. The van der Waals surface area contributed by atoms with E-state index in [0.717, 1.165) is 10.9 Å². The van der Waals surface area contributed by atoms with Crippen LogP contribution in [0.15, 0.2) is 28.7 Å². The molecule has 2 amide bonds. The molecule has 7 heteroatoms. The number of carbonyl (C=O) groups is 2. The summed E-state index contributed by atoms with van der Waals surface area (Å²) in [6.45, 7) is 3.32. The molecule has 0 aromatic heterocycles. The van der Waals surface area contributed by atoms with Crippen molar-refractivity contribution in [1.82, 2.24) is 9.80 Å². The largest absolute Gasteiger partial charge is 0.382 e. The zero-order valence-corrected chi connectivity index (χ0v) is 15.5. The standard InChI is InChI=1S/C17H23BrN2O4/c1-23-11-12-24-13-16(21)19-7-2-8-20(10-9-19)17(22)14-3-5-15(18)6-4-14/h3-6H,2,7-13H2,1H3. The highest BCUT2D eigenvalue weighted by molar-refractivity contribution is 9.10. The van der Waals surface area contributed by atoms with E-state index in [2.05, 4.69) is 15.9 Å². The topological polar surface area (TPSA) is 59.1 Å². The summed E-state index contributed by atoms with van der Waals surface area (Å²) in [5.41, 5.74) is 0.667. The first kappa shape index (κ1) is 18.9. The van der Waals surface area contributed by atoms with Crippen molar-refractivity contribution in [2.75, 3.05) is 53.1 Å². The second-order valence-electron chi connectivity index (χ2n) is 5.58. The van der Waals surface area contributed by atoms with Crippen LogP contribution in [-0.2, 0) is 14.3 Å². The third-order valence-corrected chi connectivity index (χ3v) is 4.41. The van der Waals surface area contributed by atoms with Crippen molar-refractivity contribution in [3.05, 3.63) is 34.3 Å². The Hall–Kier alpha value is -1.44. The van der Waals surface area contributed by atoms with Crippen LogP contribution in [0.25, 0.3) is 0 Å². The van der Waals surface area contributed by atoms with Crippen LogP contribution in [0.5, 0.6) is 0 Å². The van der Waals surface area contributed by atoms with Gasteiger partial charge >= 0.3 is 0 Å². The van der Waals surface area contributed by atoms with E-state index in [1.165, 1.54) is 0 Å². The van der Waals surface area contributed by atoms with Crippen molar-refractivity contribution in [3.8, 4) is 0 Å². The van der Waals surface area contributed by atoms with E-state index in [0.29, 0.717) is 45.0 Å². The third-order valence-electron chi connectivity index (χ3n) is 3.88. The number of benzene rings is 1. The molecule has 0 N–H and O–H groups in total. The second-order valence-corrected chi connectivity index (χ2v) is 6.49. The Morgan fingerprint density at radius 2 is 1.71 bits per heavy atom. The van der Waals surface area contributed by atoms with Crippen molar-refractivity contribution in [2.24, 2.45) is 0 Å². The van der Waals surface area contributed by atoms with Crippen LogP contribution in [0.3, 0.4) is 0 Å². The number of rotatable bonds is 6. The summed E-state index contributed by atoms with van der Waals surface area (Å²) in [4.78, 5) is 28.3. The van der Waals surface area contributed by atoms with Crippen LogP contribution >= 0.6 is 15.9 Å². The van der Waals surface area contributed by atoms with Crippen LogP contribution in [0.1, 0.15) is 16.8 Å². The van der Waals surface area contributed by atoms with Gasteiger partial charge in [-0.2, -0.15) is 0 Å². The summed E-state index contributed by atoms with van der Waals surface area (Å²) >= 11 is 3.37. The predicted molar refractivity (Wildman–Crippen MR) is 93.9 cm³/mol. The van der Waals surface area contributed by atoms with Crippen LogP contribution in [0.2, 0.25) is 0 Å². The quantitative estimate of drug-likeness (QED) is 0.685. The highest BCUT2D eigenvalue weighted by Gasteiger charge is 2.22. The molecule has 0 spiro atoms. The molecule has 0 saturated carbocycles. The molecule has 0 aliphatic carbocycles. The van der Waals surface area contributed by atoms with E-state index in [1.54, 1.807) is 12.0 Å². The summed E-state index contributed by atoms with van der Waals surface area (Å²) in [6, 6.07) is 7.34. The van der Waals surface area contributed by atoms with Crippen molar-refractivity contribution in [3.63, 3.8) is 0 Å². The Balaban J connectivity index is 1.84. The number of nitrogens with zero attached hydrogens (tertiary/aromatic N) is 2. The van der Waals surface area contributed by atoms with E-state index >= 15 is 0 Å². The number of ether oxygens (including phenoxy) is 2. The highest BCUT2D eigenvalue weighted by atomic mass is 79.9. The number of hydrogen-bond acceptors (Lipinski definition) is 4. The molecule has 1 aliphatic rings. The molecule has 0 bridgehead atoms. The molecule has 0 radical (unpaired) electrons. The van der Waals surface area contributed by atoms with Gasteiger partial charge in [-0.3, -0.25) is 9.59 Å². The van der Waals surface area contributed by atoms with E-state index in [9.17, 15) is 9.59 Å². The molecule has 24 heavy (non-hydrogen) atoms. The van der Waals surface area contributed by atoms with Gasteiger partial charge in [0.2, 0.25) is 5.91 Å². The Kier molecular flexibility index (Phi) is 7.68. The normalized spacial score (nSPS) is 15.2. The van der Waals surface area contributed by atoms with Gasteiger partial charge in [-0.1, -0.05) is 15.9 Å². The van der Waals surface area contributed by atoms with Gasteiger partial charge in [0.15, 0.2) is 0 Å². The maximum atomic E-state index is 12.6. The molecule has 1 aromatic rings. The molecule has 1 heterocycles. The van der Waals surface area contributed by atoms with Crippen molar-refractivity contribution in [2.45, 2.75) is 6.42 Å². The van der Waals surface area contributed by atoms with Crippen molar-refractivity contribution < 1.29 is 19.1 Å². The highest BCUT2D eigenvalue weighted by Crippen LogP contribution is 2.14. The van der Waals surface area contributed by atoms with Gasteiger partial charge in [-0.15, -0.1) is 0 Å². The number of methoxy groups -OCH3 is 1. The average Bonchev–Trinajstić information content (AvgIpc) is 2.85. The predicted octanol–water partition coefficient (Wildman–Crippen LogP) is 1.79. The van der Waals surface area contributed by atoms with Gasteiger partial charge in [-0.25, -0.2) is 0 Å². The second kappa shape index (κ2) is 9.76. The van der Waals surface area contributed by atoms with Gasteiger partial charge in [-0.05, 0) is 30.7 Å². The summed E-state index contributed by atoms with van der Waals surface area (Å²) in [7, 11) is 1.59. The summed E-state index contributed by atoms with van der Waals surface area (Å²) in [5.74, 6) is -0.0304. The van der Waals surface area contributed by atoms with E-state index in [1.807, 2.05) is 29.2 Å². The summed E-state index contributed by atoms with van der Waals surface area (Å²) in [6.07, 6.45) is 0.770. The first-order valence-electron chi connectivity index (χ1n) is 8.01. The lowest BCUT2D eigenvalue weighted by atomic mass is 10.2. The number of halogens is 1. The molecular formula is C17H23BrN2O4. The van der Waals surface area contributed by atoms with Crippen LogP contribution in [-0.4, -0.2) is 74.7 Å². The smallest absolute Gasteiger partial charge is 0.253 e. The Morgan fingerprint density at radius 1 is 1.04 bits per heavy atom. The maximum Gasteiger partial charge on any atom is 0.253 e. The molecule has 2 rings (SSSR count). The lowest BCUT2D eigenvalue weighted by molar-refractivity contribution is -0.136. The van der Waals surface area contributed by atoms with Crippen LogP contribution in [0, 0.1) is 0 Å². The zero-order chi connectivity index (χ0) is 17.4. The molecule has 1 aromatic carbocycles. The molecule has 6 nitrogen and oxygen atoms in total. The minimum Gasteiger partial charge on any atom is -0.382 e. The van der Waals surface area contributed by atoms with E-state index < -0.39 is 0 Å². The Labute approximate surface area is 150 Å². The molecular weight excluding hydrogens is 376 g/mol. The minimum atomic E-state index is -0.0379. The monoisotopic (exact) mass is 398 g/mol. The summed E-state index contributed by atoms with van der Waals surface area (Å²) in [5, 5.41) is 0. The molecule has 132 valence electrons. The molecule has 0 unspecified atom stereocenters. The first-order valence-corrected chi connectivity index (χ1v) is 8.80. The molecule has 1 aliphatic heterocycles. The average molecular weight is 399 g/mol. The zero-order valence-electron chi connectivity index (χ0n) is 13.9. The van der Waals surface area contributed by atoms with Crippen molar-refractivity contribution >= 4 is 27.7 Å². The number of hydrogen-bond donors (Lipinski definition) is 0. The Bertz CT molecular complexity index is 550. The fourth-order valence-electron chi connectivity index (χ4n) is 2.54. The lowest BCUT2D eigenvalue weighted by Gasteiger charge is -2.22. The van der Waals surface area contributed by atoms with E-state index in [-0.39, 0.29) is 18.4 Å².